The molecule has 0 bridgehead atoms. The lowest BCUT2D eigenvalue weighted by Crippen LogP contribution is -2.48. The van der Waals surface area contributed by atoms with Crippen LogP contribution in [0.2, 0.25) is 0 Å². The number of aromatic nitrogens is 1. The molecule has 3 rings (SSSR count). The quantitative estimate of drug-likeness (QED) is 0.927. The van der Waals surface area contributed by atoms with E-state index >= 15 is 0 Å². The number of H-pyrrole nitrogens is 1. The predicted molar refractivity (Wildman–Crippen MR) is 88.1 cm³/mol. The fraction of sp³-hybridized carbons (Fsp3) is 0.500. The van der Waals surface area contributed by atoms with Crippen LogP contribution >= 0.6 is 0 Å². The standard InChI is InChI=1S/C18H24N2O2/c1-11-5-6-17-16(7-11)15(14(4)19-17)8-18(21)20-9-12(2)22-13(3)10-20/h5-7,12-13,19H,8-10H2,1-4H3. The maximum atomic E-state index is 12.7. The number of ether oxygens (including phenoxy) is 1. The lowest BCUT2D eigenvalue weighted by Gasteiger charge is -2.35. The third-order valence-electron chi connectivity index (χ3n) is 4.38. The van der Waals surface area contributed by atoms with Gasteiger partial charge in [-0.25, -0.2) is 0 Å². The second-order valence-corrected chi connectivity index (χ2v) is 6.51. The summed E-state index contributed by atoms with van der Waals surface area (Å²) in [6.45, 7) is 9.54. The molecule has 0 spiro atoms. The number of hydrogen-bond donors (Lipinski definition) is 1. The van der Waals surface area contributed by atoms with Crippen molar-refractivity contribution in [1.29, 1.82) is 0 Å². The van der Waals surface area contributed by atoms with E-state index < -0.39 is 0 Å². The van der Waals surface area contributed by atoms with E-state index in [4.69, 9.17) is 4.74 Å². The molecule has 0 saturated carbocycles. The molecule has 1 aromatic heterocycles. The summed E-state index contributed by atoms with van der Waals surface area (Å²) in [5.41, 5.74) is 4.53. The van der Waals surface area contributed by atoms with Gasteiger partial charge in [-0.3, -0.25) is 4.79 Å². The summed E-state index contributed by atoms with van der Waals surface area (Å²) in [7, 11) is 0. The monoisotopic (exact) mass is 300 g/mol. The largest absolute Gasteiger partial charge is 0.372 e. The second kappa shape index (κ2) is 5.76. The van der Waals surface area contributed by atoms with E-state index in [-0.39, 0.29) is 18.1 Å². The Morgan fingerprint density at radius 1 is 1.27 bits per heavy atom. The van der Waals surface area contributed by atoms with E-state index in [1.165, 1.54) is 10.9 Å². The van der Waals surface area contributed by atoms with Crippen LogP contribution in [0.3, 0.4) is 0 Å². The Balaban J connectivity index is 1.85. The van der Waals surface area contributed by atoms with Gasteiger partial charge in [-0.15, -0.1) is 0 Å². The van der Waals surface area contributed by atoms with Gasteiger partial charge in [0.15, 0.2) is 0 Å². The zero-order chi connectivity index (χ0) is 15.9. The van der Waals surface area contributed by atoms with Gasteiger partial charge in [-0.2, -0.15) is 0 Å². The van der Waals surface area contributed by atoms with Crippen LogP contribution in [0, 0.1) is 13.8 Å². The zero-order valence-electron chi connectivity index (χ0n) is 13.8. The Kier molecular flexibility index (Phi) is 3.96. The Morgan fingerprint density at radius 2 is 1.95 bits per heavy atom. The molecular formula is C18H24N2O2. The van der Waals surface area contributed by atoms with Crippen molar-refractivity contribution in [1.82, 2.24) is 9.88 Å². The minimum Gasteiger partial charge on any atom is -0.372 e. The van der Waals surface area contributed by atoms with Crippen LogP contribution in [-0.2, 0) is 16.0 Å². The van der Waals surface area contributed by atoms with Gasteiger partial charge in [0.1, 0.15) is 0 Å². The van der Waals surface area contributed by atoms with Crippen LogP contribution in [0.4, 0.5) is 0 Å². The van der Waals surface area contributed by atoms with Crippen molar-refractivity contribution >= 4 is 16.8 Å². The highest BCUT2D eigenvalue weighted by atomic mass is 16.5. The van der Waals surface area contributed by atoms with Crippen molar-refractivity contribution in [3.63, 3.8) is 0 Å². The van der Waals surface area contributed by atoms with Crippen LogP contribution in [-0.4, -0.2) is 41.1 Å². The van der Waals surface area contributed by atoms with Gasteiger partial charge in [0.25, 0.3) is 0 Å². The molecule has 1 N–H and O–H groups in total. The summed E-state index contributed by atoms with van der Waals surface area (Å²) in [6, 6.07) is 6.34. The number of fused-ring (bicyclic) bond motifs is 1. The number of morpholine rings is 1. The molecule has 1 aliphatic heterocycles. The van der Waals surface area contributed by atoms with Gasteiger partial charge in [0, 0.05) is 29.7 Å². The fourth-order valence-electron chi connectivity index (χ4n) is 3.37. The minimum atomic E-state index is 0.110. The highest BCUT2D eigenvalue weighted by molar-refractivity contribution is 5.90. The highest BCUT2D eigenvalue weighted by Crippen LogP contribution is 2.24. The van der Waals surface area contributed by atoms with Crippen LogP contribution in [0.1, 0.15) is 30.7 Å². The number of aryl methyl sites for hydroxylation is 2. The first-order valence-electron chi connectivity index (χ1n) is 7.95. The van der Waals surface area contributed by atoms with E-state index in [1.54, 1.807) is 0 Å². The number of hydrogen-bond acceptors (Lipinski definition) is 2. The topological polar surface area (TPSA) is 45.3 Å². The average Bonchev–Trinajstić information content (AvgIpc) is 2.74. The molecule has 0 radical (unpaired) electrons. The Hall–Kier alpha value is -1.81. The number of carbonyl (C=O) groups excluding carboxylic acids is 1. The van der Waals surface area contributed by atoms with Crippen molar-refractivity contribution in [3.05, 3.63) is 35.0 Å². The van der Waals surface area contributed by atoms with Gasteiger partial charge in [0.05, 0.1) is 18.6 Å². The van der Waals surface area contributed by atoms with Crippen LogP contribution in [0.5, 0.6) is 0 Å². The number of aromatic amines is 1. The van der Waals surface area contributed by atoms with E-state index in [0.29, 0.717) is 19.5 Å². The maximum Gasteiger partial charge on any atom is 0.227 e. The van der Waals surface area contributed by atoms with Crippen molar-refractivity contribution in [2.75, 3.05) is 13.1 Å². The molecule has 2 atom stereocenters. The molecule has 1 aromatic carbocycles. The van der Waals surface area contributed by atoms with E-state index in [1.807, 2.05) is 25.7 Å². The number of carbonyl (C=O) groups is 1. The first-order valence-corrected chi connectivity index (χ1v) is 7.95. The summed E-state index contributed by atoms with van der Waals surface area (Å²) in [5.74, 6) is 0.188. The summed E-state index contributed by atoms with van der Waals surface area (Å²) >= 11 is 0. The summed E-state index contributed by atoms with van der Waals surface area (Å²) in [5, 5.41) is 1.17. The minimum absolute atomic E-state index is 0.110. The normalized spacial score (nSPS) is 22.3. The molecule has 1 saturated heterocycles. The first kappa shape index (κ1) is 15.1. The van der Waals surface area contributed by atoms with E-state index in [0.717, 1.165) is 16.8 Å². The van der Waals surface area contributed by atoms with Crippen molar-refractivity contribution in [3.8, 4) is 0 Å². The van der Waals surface area contributed by atoms with Crippen molar-refractivity contribution in [2.24, 2.45) is 0 Å². The Labute approximate surface area is 131 Å². The number of rotatable bonds is 2. The molecule has 1 fully saturated rings. The molecule has 2 heterocycles. The molecule has 0 aliphatic carbocycles. The summed E-state index contributed by atoms with van der Waals surface area (Å²) in [4.78, 5) is 18.0. The molecule has 2 aromatic rings. The maximum absolute atomic E-state index is 12.7. The third kappa shape index (κ3) is 2.88. The van der Waals surface area contributed by atoms with Crippen LogP contribution < -0.4 is 0 Å². The van der Waals surface area contributed by atoms with E-state index in [9.17, 15) is 4.79 Å². The Morgan fingerprint density at radius 3 is 2.64 bits per heavy atom. The average molecular weight is 300 g/mol. The van der Waals surface area contributed by atoms with Gasteiger partial charge < -0.3 is 14.6 Å². The second-order valence-electron chi connectivity index (χ2n) is 6.51. The lowest BCUT2D eigenvalue weighted by atomic mass is 10.0. The van der Waals surface area contributed by atoms with E-state index in [2.05, 4.69) is 30.1 Å². The third-order valence-corrected chi connectivity index (χ3v) is 4.38. The SMILES string of the molecule is Cc1ccc2[nH]c(C)c(CC(=O)N3CC(C)OC(C)C3)c2c1. The summed E-state index contributed by atoms with van der Waals surface area (Å²) in [6.07, 6.45) is 0.673. The molecule has 118 valence electrons. The molecule has 2 unspecified atom stereocenters. The van der Waals surface area contributed by atoms with Crippen LogP contribution in [0.15, 0.2) is 18.2 Å². The molecular weight excluding hydrogens is 276 g/mol. The predicted octanol–water partition coefficient (Wildman–Crippen LogP) is 2.96. The summed E-state index contributed by atoms with van der Waals surface area (Å²) < 4.78 is 5.71. The lowest BCUT2D eigenvalue weighted by molar-refractivity contribution is -0.142. The number of nitrogens with one attached hydrogen (secondary N) is 1. The van der Waals surface area contributed by atoms with Gasteiger partial charge >= 0.3 is 0 Å². The van der Waals surface area contributed by atoms with Crippen molar-refractivity contribution < 1.29 is 9.53 Å². The number of amides is 1. The Bertz CT molecular complexity index is 694. The van der Waals surface area contributed by atoms with Crippen LogP contribution in [0.25, 0.3) is 10.9 Å². The van der Waals surface area contributed by atoms with Gasteiger partial charge in [-0.05, 0) is 45.4 Å². The first-order chi connectivity index (χ1) is 10.4. The smallest absolute Gasteiger partial charge is 0.227 e. The molecule has 22 heavy (non-hydrogen) atoms. The number of nitrogens with zero attached hydrogens (tertiary/aromatic N) is 1. The molecule has 4 heteroatoms. The van der Waals surface area contributed by atoms with Crippen molar-refractivity contribution in [2.45, 2.75) is 46.3 Å². The molecule has 4 nitrogen and oxygen atoms in total. The zero-order valence-corrected chi connectivity index (χ0v) is 13.8. The molecule has 1 aliphatic rings. The molecule has 1 amide bonds. The number of benzene rings is 1. The highest BCUT2D eigenvalue weighted by Gasteiger charge is 2.26. The van der Waals surface area contributed by atoms with Gasteiger partial charge in [-0.1, -0.05) is 11.6 Å². The fourth-order valence-corrected chi connectivity index (χ4v) is 3.37. The van der Waals surface area contributed by atoms with Gasteiger partial charge in [0.2, 0.25) is 5.91 Å².